The summed E-state index contributed by atoms with van der Waals surface area (Å²) in [7, 11) is 8.61. The summed E-state index contributed by atoms with van der Waals surface area (Å²) in [5, 5.41) is 0. The van der Waals surface area contributed by atoms with Crippen molar-refractivity contribution < 1.29 is 4.79 Å². The van der Waals surface area contributed by atoms with Crippen molar-refractivity contribution in [1.29, 1.82) is 0 Å². The first kappa shape index (κ1) is 23.8. The van der Waals surface area contributed by atoms with Crippen LogP contribution in [0.25, 0.3) is 0 Å². The van der Waals surface area contributed by atoms with Crippen molar-refractivity contribution in [3.63, 3.8) is 0 Å². The van der Waals surface area contributed by atoms with Gasteiger partial charge < -0.3 is 0 Å². The van der Waals surface area contributed by atoms with Crippen LogP contribution < -0.4 is 0 Å². The van der Waals surface area contributed by atoms with Crippen LogP contribution in [0.3, 0.4) is 0 Å². The van der Waals surface area contributed by atoms with E-state index in [1.807, 2.05) is 6.07 Å². The van der Waals surface area contributed by atoms with Gasteiger partial charge in [0.25, 0.3) is 0 Å². The van der Waals surface area contributed by atoms with Crippen LogP contribution in [0.5, 0.6) is 0 Å². The molecular weight excluding hydrogens is 461 g/mol. The third kappa shape index (κ3) is 9.24. The Morgan fingerprint density at radius 2 is 1.41 bits per heavy atom. The lowest BCUT2D eigenvalue weighted by molar-refractivity contribution is 0.112. The highest BCUT2D eigenvalue weighted by Crippen LogP contribution is 2.19. The summed E-state index contributed by atoms with van der Waals surface area (Å²) in [6.07, 6.45) is 3.21. The van der Waals surface area contributed by atoms with Gasteiger partial charge in [-0.1, -0.05) is 56.2 Å². The Labute approximate surface area is 179 Å². The molecule has 1 fully saturated rings. The molecule has 0 spiro atoms. The normalized spacial score (nSPS) is 21.0. The van der Waals surface area contributed by atoms with E-state index in [1.54, 1.807) is 0 Å². The second-order valence-electron chi connectivity index (χ2n) is 7.06. The van der Waals surface area contributed by atoms with Crippen LogP contribution in [-0.4, -0.2) is 77.6 Å². The third-order valence-corrected chi connectivity index (χ3v) is 7.02. The number of hydrogen-bond donors (Lipinski definition) is 0. The van der Waals surface area contributed by atoms with Gasteiger partial charge in [-0.3, -0.25) is 23.7 Å². The predicted octanol–water partition coefficient (Wildman–Crippen LogP) is 3.13. The van der Waals surface area contributed by atoms with Crippen molar-refractivity contribution in [3.05, 3.63) is 33.8 Å². The van der Waals surface area contributed by atoms with Gasteiger partial charge in [0, 0.05) is 62.4 Å². The van der Waals surface area contributed by atoms with Crippen molar-refractivity contribution in [1.82, 2.24) is 18.9 Å². The third-order valence-electron chi connectivity index (χ3n) is 4.79. The molecule has 3 unspecified atom stereocenters. The van der Waals surface area contributed by atoms with Crippen molar-refractivity contribution in [2.45, 2.75) is 19.4 Å². The molecule has 3 atom stereocenters. The molecule has 0 amide bonds. The number of carbonyl (C=O) groups is 1. The first-order valence-electron chi connectivity index (χ1n) is 9.43. The molecule has 0 N–H and O–H groups in total. The molecule has 27 heavy (non-hydrogen) atoms. The molecule has 2 rings (SSSR count). The summed E-state index contributed by atoms with van der Waals surface area (Å²) in [5.74, 6) is 0. The van der Waals surface area contributed by atoms with Gasteiger partial charge in [0.05, 0.1) is 0 Å². The van der Waals surface area contributed by atoms with Crippen LogP contribution in [-0.2, 0) is 6.54 Å². The van der Waals surface area contributed by atoms with E-state index in [4.69, 9.17) is 0 Å². The molecule has 1 aliphatic heterocycles. The molecule has 0 bridgehead atoms. The minimum Gasteiger partial charge on any atom is -0.298 e. The molecule has 0 aliphatic carbocycles. The first-order valence-corrected chi connectivity index (χ1v) is 11.8. The Morgan fingerprint density at radius 1 is 0.852 bits per heavy atom. The zero-order valence-corrected chi connectivity index (χ0v) is 20.9. The highest BCUT2D eigenvalue weighted by molar-refractivity contribution is 9.10. The highest BCUT2D eigenvalue weighted by atomic mass is 79.9. The Hall–Kier alpha value is 0.500. The number of benzene rings is 1. The number of halogens is 1. The topological polar surface area (TPSA) is 30.0 Å². The molecule has 5 nitrogen and oxygen atoms in total. The first-order chi connectivity index (χ1) is 13.0. The smallest absolute Gasteiger partial charge is 0.151 e. The summed E-state index contributed by atoms with van der Waals surface area (Å²) < 4.78 is 7.92. The second kappa shape index (κ2) is 12.9. The Morgan fingerprint density at radius 3 is 1.96 bits per heavy atom. The van der Waals surface area contributed by atoms with Gasteiger partial charge in [-0.25, -0.2) is 0 Å². The van der Waals surface area contributed by atoms with E-state index in [0.29, 0.717) is 5.56 Å². The van der Waals surface area contributed by atoms with Crippen LogP contribution in [0.4, 0.5) is 0 Å². The predicted molar refractivity (Wildman–Crippen MR) is 128 cm³/mol. The lowest BCUT2D eigenvalue weighted by Crippen LogP contribution is -2.35. The van der Waals surface area contributed by atoms with E-state index >= 15 is 0 Å². The highest BCUT2D eigenvalue weighted by Gasteiger charge is 2.12. The molecule has 1 heterocycles. The van der Waals surface area contributed by atoms with Crippen molar-refractivity contribution >= 4 is 50.4 Å². The van der Waals surface area contributed by atoms with Crippen molar-refractivity contribution in [2.75, 3.05) is 52.4 Å². The zero-order chi connectivity index (χ0) is 19.6. The molecule has 152 valence electrons. The van der Waals surface area contributed by atoms with Crippen LogP contribution in [0.1, 0.15) is 28.8 Å². The Bertz CT molecular complexity index is 596. The van der Waals surface area contributed by atoms with Gasteiger partial charge in [0.1, 0.15) is 0 Å². The monoisotopic (exact) mass is 492 g/mol. The number of rotatable bonds is 3. The van der Waals surface area contributed by atoms with Gasteiger partial charge >= 0.3 is 0 Å². The van der Waals surface area contributed by atoms with Crippen molar-refractivity contribution in [3.8, 4) is 0 Å². The fraction of sp³-hybridized carbons (Fsp3) is 0.611. The molecule has 0 saturated carbocycles. The van der Waals surface area contributed by atoms with Crippen LogP contribution >= 0.6 is 44.1 Å². The van der Waals surface area contributed by atoms with Crippen LogP contribution in [0.2, 0.25) is 0 Å². The van der Waals surface area contributed by atoms with E-state index in [9.17, 15) is 4.79 Å². The maximum atomic E-state index is 11.0. The van der Waals surface area contributed by atoms with E-state index in [1.165, 1.54) is 12.0 Å². The number of carbonyl (C=O) groups excluding carboxylic acids is 1. The average Bonchev–Trinajstić information content (AvgIpc) is 2.64. The van der Waals surface area contributed by atoms with Crippen molar-refractivity contribution in [2.24, 2.45) is 0 Å². The van der Waals surface area contributed by atoms with Gasteiger partial charge in [-0.15, -0.1) is 0 Å². The van der Waals surface area contributed by atoms with E-state index in [-0.39, 0.29) is 0 Å². The molecular formula is C18H32BrN4OP3. The second-order valence-corrected chi connectivity index (χ2v) is 10.1. The number of aldehydes is 1. The standard InChI is InChI=1S/C18H32BrN4OP3/c19-18-13-16(3-4-17(18)15-24)14-20-5-1-6-22(26)11-12-23(27)8-2-7-21(25)10-9-20/h3-4,13,15H,1-2,5-12,14,25-27H2. The minimum atomic E-state index is 0.706. The maximum Gasteiger partial charge on any atom is 0.151 e. The molecule has 1 aliphatic rings. The van der Waals surface area contributed by atoms with Crippen LogP contribution in [0, 0.1) is 0 Å². The molecule has 0 radical (unpaired) electrons. The average molecular weight is 493 g/mol. The molecule has 0 aromatic heterocycles. The summed E-state index contributed by atoms with van der Waals surface area (Å²) in [5.41, 5.74) is 1.95. The summed E-state index contributed by atoms with van der Waals surface area (Å²) >= 11 is 3.50. The lowest BCUT2D eigenvalue weighted by atomic mass is 10.1. The summed E-state index contributed by atoms with van der Waals surface area (Å²) in [6.45, 7) is 9.48. The van der Waals surface area contributed by atoms with Gasteiger partial charge in [0.2, 0.25) is 0 Å². The Kier molecular flexibility index (Phi) is 11.4. The van der Waals surface area contributed by atoms with Gasteiger partial charge in [-0.05, 0) is 31.0 Å². The summed E-state index contributed by atoms with van der Waals surface area (Å²) in [6, 6.07) is 6.04. The van der Waals surface area contributed by atoms with E-state index in [0.717, 1.165) is 76.1 Å². The lowest BCUT2D eigenvalue weighted by Gasteiger charge is -2.28. The van der Waals surface area contributed by atoms with Gasteiger partial charge in [-0.2, -0.15) is 0 Å². The van der Waals surface area contributed by atoms with Gasteiger partial charge in [0.15, 0.2) is 6.29 Å². The van der Waals surface area contributed by atoms with E-state index in [2.05, 4.69) is 75.1 Å². The molecule has 1 saturated heterocycles. The number of nitrogens with zero attached hydrogens (tertiary/aromatic N) is 4. The SMILES string of the molecule is O=Cc1ccc(CN2CCCN(P)CCN(P)CCCN(P)CC2)cc1Br. The Balaban J connectivity index is 1.98. The van der Waals surface area contributed by atoms with E-state index < -0.39 is 0 Å². The number of hydrogen-bond acceptors (Lipinski definition) is 5. The maximum absolute atomic E-state index is 11.0. The fourth-order valence-electron chi connectivity index (χ4n) is 3.13. The van der Waals surface area contributed by atoms with Crippen LogP contribution in [0.15, 0.2) is 22.7 Å². The minimum absolute atomic E-state index is 0.706. The molecule has 1 aromatic carbocycles. The largest absolute Gasteiger partial charge is 0.298 e. The quantitative estimate of drug-likeness (QED) is 0.477. The molecule has 9 heteroatoms. The summed E-state index contributed by atoms with van der Waals surface area (Å²) in [4.78, 5) is 13.5. The fourth-order valence-corrected chi connectivity index (χ4v) is 4.54. The zero-order valence-electron chi connectivity index (χ0n) is 15.9. The molecule has 1 aromatic rings.